The van der Waals surface area contributed by atoms with Gasteiger partial charge in [-0.3, -0.25) is 14.9 Å². The van der Waals surface area contributed by atoms with Crippen molar-refractivity contribution in [3.63, 3.8) is 0 Å². The van der Waals surface area contributed by atoms with E-state index < -0.39 is 4.92 Å². The normalized spacial score (nSPS) is 17.8. The number of nitro groups is 1. The second kappa shape index (κ2) is 9.15. The molecule has 0 aromatic heterocycles. The number of non-ortho nitro benzene ring substituents is 1. The van der Waals surface area contributed by atoms with Crippen molar-refractivity contribution in [1.82, 2.24) is 10.2 Å². The highest BCUT2D eigenvalue weighted by atomic mass is 35.5. The van der Waals surface area contributed by atoms with Crippen LogP contribution in [0.15, 0.2) is 24.3 Å². The Bertz CT molecular complexity index is 599. The summed E-state index contributed by atoms with van der Waals surface area (Å²) in [4.78, 5) is 24.7. The molecule has 138 valence electrons. The molecular weight excluding hydrogens is 342 g/mol. The van der Waals surface area contributed by atoms with E-state index in [1.165, 1.54) is 18.9 Å². The Morgan fingerprint density at radius 2 is 1.96 bits per heavy atom. The number of rotatable bonds is 7. The van der Waals surface area contributed by atoms with Crippen molar-refractivity contribution in [2.24, 2.45) is 5.92 Å². The van der Waals surface area contributed by atoms with Gasteiger partial charge < -0.3 is 10.2 Å². The Labute approximate surface area is 154 Å². The quantitative estimate of drug-likeness (QED) is 0.593. The summed E-state index contributed by atoms with van der Waals surface area (Å²) >= 11 is 0. The summed E-state index contributed by atoms with van der Waals surface area (Å²) in [6.45, 7) is 2.76. The molecule has 3 rings (SSSR count). The minimum atomic E-state index is -0.398. The first-order valence-electron chi connectivity index (χ1n) is 8.86. The third kappa shape index (κ3) is 5.97. The lowest BCUT2D eigenvalue weighted by atomic mass is 10.0. The zero-order chi connectivity index (χ0) is 16.9. The molecule has 25 heavy (non-hydrogen) atoms. The van der Waals surface area contributed by atoms with Gasteiger partial charge in [0.2, 0.25) is 5.91 Å². The third-order valence-electron chi connectivity index (χ3n) is 4.99. The Hall–Kier alpha value is -1.66. The van der Waals surface area contributed by atoms with Crippen LogP contribution in [0.25, 0.3) is 0 Å². The van der Waals surface area contributed by atoms with Gasteiger partial charge in [0, 0.05) is 37.7 Å². The van der Waals surface area contributed by atoms with Crippen molar-refractivity contribution in [2.75, 3.05) is 19.6 Å². The molecule has 0 spiro atoms. The molecule has 1 heterocycles. The van der Waals surface area contributed by atoms with E-state index in [1.807, 2.05) is 11.0 Å². The summed E-state index contributed by atoms with van der Waals surface area (Å²) in [5, 5.41) is 14.4. The Morgan fingerprint density at radius 1 is 1.24 bits per heavy atom. The van der Waals surface area contributed by atoms with E-state index in [9.17, 15) is 14.9 Å². The van der Waals surface area contributed by atoms with Crippen LogP contribution in [0.1, 0.15) is 37.7 Å². The Kier molecular flexibility index (Phi) is 7.20. The number of benzene rings is 1. The highest BCUT2D eigenvalue weighted by molar-refractivity contribution is 5.85. The van der Waals surface area contributed by atoms with Gasteiger partial charge in [0.1, 0.15) is 0 Å². The first kappa shape index (κ1) is 19.7. The van der Waals surface area contributed by atoms with Crippen LogP contribution in [0.3, 0.4) is 0 Å². The predicted molar refractivity (Wildman–Crippen MR) is 99.0 cm³/mol. The lowest BCUT2D eigenvalue weighted by Crippen LogP contribution is -2.45. The number of amides is 1. The molecule has 2 fully saturated rings. The van der Waals surface area contributed by atoms with E-state index >= 15 is 0 Å². The van der Waals surface area contributed by atoms with Gasteiger partial charge in [0.15, 0.2) is 0 Å². The SMILES string of the molecule is Cl.O=C(CCc1cccc([N+](=O)[O-])c1)N1CCC(NCC2CC2)CC1. The van der Waals surface area contributed by atoms with E-state index in [0.717, 1.165) is 44.0 Å². The first-order valence-corrected chi connectivity index (χ1v) is 8.86. The highest BCUT2D eigenvalue weighted by Gasteiger charge is 2.25. The smallest absolute Gasteiger partial charge is 0.269 e. The number of aryl methyl sites for hydroxylation is 1. The van der Waals surface area contributed by atoms with Crippen LogP contribution < -0.4 is 5.32 Å². The van der Waals surface area contributed by atoms with E-state index in [2.05, 4.69) is 5.32 Å². The lowest BCUT2D eigenvalue weighted by Gasteiger charge is -2.32. The number of likely N-dealkylation sites (tertiary alicyclic amines) is 1. The van der Waals surface area contributed by atoms with Gasteiger partial charge in [0.25, 0.3) is 5.69 Å². The molecule has 1 N–H and O–H groups in total. The number of hydrogen-bond acceptors (Lipinski definition) is 4. The van der Waals surface area contributed by atoms with Gasteiger partial charge in [-0.1, -0.05) is 12.1 Å². The largest absolute Gasteiger partial charge is 0.343 e. The van der Waals surface area contributed by atoms with E-state index in [4.69, 9.17) is 0 Å². The number of nitrogens with zero attached hydrogens (tertiary/aromatic N) is 2. The van der Waals surface area contributed by atoms with Gasteiger partial charge in [-0.2, -0.15) is 0 Å². The maximum Gasteiger partial charge on any atom is 0.269 e. The van der Waals surface area contributed by atoms with Gasteiger partial charge in [-0.05, 0) is 50.1 Å². The van der Waals surface area contributed by atoms with Crippen LogP contribution in [0.4, 0.5) is 5.69 Å². The number of halogens is 1. The third-order valence-corrected chi connectivity index (χ3v) is 4.99. The van der Waals surface area contributed by atoms with Crippen molar-refractivity contribution in [2.45, 2.75) is 44.6 Å². The summed E-state index contributed by atoms with van der Waals surface area (Å²) in [7, 11) is 0. The van der Waals surface area contributed by atoms with Crippen LogP contribution in [-0.4, -0.2) is 41.4 Å². The summed E-state index contributed by atoms with van der Waals surface area (Å²) < 4.78 is 0. The average molecular weight is 368 g/mol. The summed E-state index contributed by atoms with van der Waals surface area (Å²) in [5.74, 6) is 1.04. The Balaban J connectivity index is 0.00000225. The number of hydrogen-bond donors (Lipinski definition) is 1. The number of carbonyl (C=O) groups is 1. The number of nitro benzene ring substituents is 1. The number of carbonyl (C=O) groups excluding carboxylic acids is 1. The standard InChI is InChI=1S/C18H25N3O3.ClH/c22-18(7-6-14-2-1-3-17(12-14)21(23)24)20-10-8-16(9-11-20)19-13-15-4-5-15;/h1-3,12,15-16,19H,4-11,13H2;1H. The highest BCUT2D eigenvalue weighted by Crippen LogP contribution is 2.28. The monoisotopic (exact) mass is 367 g/mol. The molecule has 1 saturated heterocycles. The molecule has 1 saturated carbocycles. The van der Waals surface area contributed by atoms with Gasteiger partial charge in [0.05, 0.1) is 4.92 Å². The molecule has 0 unspecified atom stereocenters. The van der Waals surface area contributed by atoms with Crippen molar-refractivity contribution in [3.8, 4) is 0 Å². The topological polar surface area (TPSA) is 75.5 Å². The van der Waals surface area contributed by atoms with Gasteiger partial charge in [-0.25, -0.2) is 0 Å². The molecule has 1 aromatic rings. The second-order valence-electron chi connectivity index (χ2n) is 6.93. The zero-order valence-corrected chi connectivity index (χ0v) is 15.2. The van der Waals surface area contributed by atoms with Crippen molar-refractivity contribution in [1.29, 1.82) is 0 Å². The predicted octanol–water partition coefficient (Wildman–Crippen LogP) is 2.94. The number of nitrogens with one attached hydrogen (secondary N) is 1. The Morgan fingerprint density at radius 3 is 2.60 bits per heavy atom. The molecule has 7 heteroatoms. The van der Waals surface area contributed by atoms with Crippen LogP contribution >= 0.6 is 12.4 Å². The summed E-state index contributed by atoms with van der Waals surface area (Å²) in [6.07, 6.45) is 5.75. The zero-order valence-electron chi connectivity index (χ0n) is 14.4. The fraction of sp³-hybridized carbons (Fsp3) is 0.611. The molecule has 1 aliphatic heterocycles. The average Bonchev–Trinajstić information content (AvgIpc) is 3.43. The van der Waals surface area contributed by atoms with Crippen LogP contribution in [-0.2, 0) is 11.2 Å². The van der Waals surface area contributed by atoms with Gasteiger partial charge >= 0.3 is 0 Å². The molecule has 1 amide bonds. The molecule has 1 aromatic carbocycles. The van der Waals surface area contributed by atoms with Crippen molar-refractivity contribution >= 4 is 24.0 Å². The first-order chi connectivity index (χ1) is 11.6. The fourth-order valence-electron chi connectivity index (χ4n) is 3.22. The number of piperidine rings is 1. The van der Waals surface area contributed by atoms with Crippen molar-refractivity contribution < 1.29 is 9.72 Å². The summed E-state index contributed by atoms with van der Waals surface area (Å²) in [5.41, 5.74) is 0.932. The molecule has 0 radical (unpaired) electrons. The van der Waals surface area contributed by atoms with E-state index in [1.54, 1.807) is 12.1 Å². The van der Waals surface area contributed by atoms with Crippen LogP contribution in [0.5, 0.6) is 0 Å². The van der Waals surface area contributed by atoms with Crippen LogP contribution in [0.2, 0.25) is 0 Å². The van der Waals surface area contributed by atoms with Crippen LogP contribution in [0, 0.1) is 16.0 Å². The molecular formula is C18H26ClN3O3. The maximum absolute atomic E-state index is 12.3. The fourth-order valence-corrected chi connectivity index (χ4v) is 3.22. The second-order valence-corrected chi connectivity index (χ2v) is 6.93. The van der Waals surface area contributed by atoms with E-state index in [0.29, 0.717) is 18.9 Å². The molecule has 0 bridgehead atoms. The minimum absolute atomic E-state index is 0. The van der Waals surface area contributed by atoms with E-state index in [-0.39, 0.29) is 24.0 Å². The lowest BCUT2D eigenvalue weighted by molar-refractivity contribution is -0.384. The molecule has 0 atom stereocenters. The molecule has 2 aliphatic rings. The maximum atomic E-state index is 12.3. The molecule has 6 nitrogen and oxygen atoms in total. The summed E-state index contributed by atoms with van der Waals surface area (Å²) in [6, 6.07) is 7.10. The van der Waals surface area contributed by atoms with Crippen molar-refractivity contribution in [3.05, 3.63) is 39.9 Å². The van der Waals surface area contributed by atoms with Gasteiger partial charge in [-0.15, -0.1) is 12.4 Å². The molecule has 1 aliphatic carbocycles. The minimum Gasteiger partial charge on any atom is -0.343 e.